The molecule has 3 N–H and O–H groups in total. The van der Waals surface area contributed by atoms with Gasteiger partial charge in [-0.25, -0.2) is 13.1 Å². The van der Waals surface area contributed by atoms with E-state index in [4.69, 9.17) is 10.5 Å². The van der Waals surface area contributed by atoms with E-state index >= 15 is 0 Å². The normalized spacial score (nSPS) is 14.6. The van der Waals surface area contributed by atoms with Crippen molar-refractivity contribution in [1.29, 1.82) is 0 Å². The van der Waals surface area contributed by atoms with Crippen molar-refractivity contribution in [3.8, 4) is 0 Å². The van der Waals surface area contributed by atoms with Crippen molar-refractivity contribution in [1.82, 2.24) is 4.72 Å². The van der Waals surface area contributed by atoms with Gasteiger partial charge in [0.05, 0.1) is 12.4 Å². The first-order valence-electron chi connectivity index (χ1n) is 3.71. The van der Waals surface area contributed by atoms with Crippen LogP contribution in [0.3, 0.4) is 0 Å². The molecule has 0 heterocycles. The Balaban J connectivity index is 3.89. The summed E-state index contributed by atoms with van der Waals surface area (Å²) in [5.74, 6) is -0.0406. The molecule has 0 aromatic heterocycles. The lowest BCUT2D eigenvalue weighted by molar-refractivity contribution is 0.180. The summed E-state index contributed by atoms with van der Waals surface area (Å²) in [6, 6.07) is -0.202. The van der Waals surface area contributed by atoms with Crippen molar-refractivity contribution in [3.05, 3.63) is 0 Å². The van der Waals surface area contributed by atoms with Gasteiger partial charge in [0.1, 0.15) is 0 Å². The van der Waals surface area contributed by atoms with Gasteiger partial charge in [0.15, 0.2) is 0 Å². The molecule has 1 atom stereocenters. The van der Waals surface area contributed by atoms with Crippen LogP contribution >= 0.6 is 0 Å². The summed E-state index contributed by atoms with van der Waals surface area (Å²) < 4.78 is 29.3. The summed E-state index contributed by atoms with van der Waals surface area (Å²) in [5.41, 5.74) is 5.11. The van der Waals surface area contributed by atoms with Gasteiger partial charge in [0.25, 0.3) is 0 Å². The van der Waals surface area contributed by atoms with Gasteiger partial charge >= 0.3 is 0 Å². The number of nitrogens with two attached hydrogens (primary N) is 1. The number of hydrogen-bond acceptors (Lipinski definition) is 4. The lowest BCUT2D eigenvalue weighted by atomic mass is 10.4. The molecule has 0 aliphatic heterocycles. The standard InChI is InChI=1S/C6H16N2O3S/c1-6(5-11-2)8-12(9,10)4-3-7/h6,8H,3-5,7H2,1-2H3. The molecule has 12 heavy (non-hydrogen) atoms. The highest BCUT2D eigenvalue weighted by atomic mass is 32.2. The fourth-order valence-electron chi connectivity index (χ4n) is 0.805. The molecular formula is C6H16N2O3S. The number of sulfonamides is 1. The van der Waals surface area contributed by atoms with Gasteiger partial charge in [-0.3, -0.25) is 0 Å². The number of hydrogen-bond donors (Lipinski definition) is 2. The highest BCUT2D eigenvalue weighted by Gasteiger charge is 2.12. The molecule has 0 radical (unpaired) electrons. The summed E-state index contributed by atoms with van der Waals surface area (Å²) in [5, 5.41) is 0. The molecule has 0 aliphatic rings. The Morgan fingerprint density at radius 1 is 1.58 bits per heavy atom. The number of rotatable bonds is 6. The Morgan fingerprint density at radius 3 is 2.58 bits per heavy atom. The second kappa shape index (κ2) is 5.47. The van der Waals surface area contributed by atoms with E-state index in [1.807, 2.05) is 0 Å². The first kappa shape index (κ1) is 11.8. The van der Waals surface area contributed by atoms with Crippen molar-refractivity contribution in [2.24, 2.45) is 5.73 Å². The predicted molar refractivity (Wildman–Crippen MR) is 47.3 cm³/mol. The van der Waals surface area contributed by atoms with Crippen LogP contribution in [0.25, 0.3) is 0 Å². The maximum absolute atomic E-state index is 11.1. The third kappa shape index (κ3) is 5.48. The molecule has 0 aromatic carbocycles. The second-order valence-electron chi connectivity index (χ2n) is 2.58. The fraction of sp³-hybridized carbons (Fsp3) is 1.00. The van der Waals surface area contributed by atoms with Crippen molar-refractivity contribution in [3.63, 3.8) is 0 Å². The average molecular weight is 196 g/mol. The summed E-state index contributed by atoms with van der Waals surface area (Å²) in [7, 11) is -1.69. The van der Waals surface area contributed by atoms with Crippen LogP contribution in [0, 0.1) is 0 Å². The molecule has 0 saturated heterocycles. The zero-order chi connectivity index (χ0) is 9.61. The molecule has 74 valence electrons. The highest BCUT2D eigenvalue weighted by Crippen LogP contribution is 1.88. The van der Waals surface area contributed by atoms with Crippen LogP contribution < -0.4 is 10.5 Å². The third-order valence-electron chi connectivity index (χ3n) is 1.18. The summed E-state index contributed by atoms with van der Waals surface area (Å²) in [6.07, 6.45) is 0. The molecule has 6 heteroatoms. The molecule has 0 aromatic rings. The van der Waals surface area contributed by atoms with Crippen LogP contribution in [-0.4, -0.2) is 40.5 Å². The maximum Gasteiger partial charge on any atom is 0.213 e. The topological polar surface area (TPSA) is 81.4 Å². The third-order valence-corrected chi connectivity index (χ3v) is 2.72. The van der Waals surface area contributed by atoms with E-state index in [1.54, 1.807) is 6.92 Å². The maximum atomic E-state index is 11.1. The van der Waals surface area contributed by atoms with Gasteiger partial charge in [-0.2, -0.15) is 0 Å². The van der Waals surface area contributed by atoms with Crippen LogP contribution in [0.1, 0.15) is 6.92 Å². The van der Waals surface area contributed by atoms with Gasteiger partial charge in [-0.15, -0.1) is 0 Å². The van der Waals surface area contributed by atoms with E-state index < -0.39 is 10.0 Å². The van der Waals surface area contributed by atoms with E-state index in [1.165, 1.54) is 7.11 Å². The Bertz CT molecular complexity index is 203. The van der Waals surface area contributed by atoms with E-state index in [2.05, 4.69) is 4.72 Å². The minimum atomic E-state index is -3.21. The van der Waals surface area contributed by atoms with E-state index in [-0.39, 0.29) is 18.3 Å². The van der Waals surface area contributed by atoms with Gasteiger partial charge in [0, 0.05) is 19.7 Å². The quantitative estimate of drug-likeness (QED) is 0.565. The molecule has 0 bridgehead atoms. The number of methoxy groups -OCH3 is 1. The molecule has 5 nitrogen and oxygen atoms in total. The van der Waals surface area contributed by atoms with E-state index in [0.29, 0.717) is 6.61 Å². The monoisotopic (exact) mass is 196 g/mol. The first-order chi connectivity index (χ1) is 5.52. The lowest BCUT2D eigenvalue weighted by Gasteiger charge is -2.12. The molecule has 1 unspecified atom stereocenters. The van der Waals surface area contributed by atoms with Crippen LogP contribution in [0.2, 0.25) is 0 Å². The first-order valence-corrected chi connectivity index (χ1v) is 5.36. The SMILES string of the molecule is COCC(C)NS(=O)(=O)CCN. The minimum Gasteiger partial charge on any atom is -0.383 e. The molecule has 0 amide bonds. The Labute approximate surface area is 73.3 Å². The Kier molecular flexibility index (Phi) is 5.39. The molecule has 0 fully saturated rings. The molecular weight excluding hydrogens is 180 g/mol. The zero-order valence-corrected chi connectivity index (χ0v) is 8.23. The van der Waals surface area contributed by atoms with E-state index in [0.717, 1.165) is 0 Å². The van der Waals surface area contributed by atoms with E-state index in [9.17, 15) is 8.42 Å². The molecule has 0 saturated carbocycles. The second-order valence-corrected chi connectivity index (χ2v) is 4.46. The lowest BCUT2D eigenvalue weighted by Crippen LogP contribution is -2.38. The summed E-state index contributed by atoms with van der Waals surface area (Å²) in [4.78, 5) is 0. The van der Waals surface area contributed by atoms with Crippen molar-refractivity contribution >= 4 is 10.0 Å². The number of nitrogens with one attached hydrogen (secondary N) is 1. The van der Waals surface area contributed by atoms with Crippen LogP contribution in [-0.2, 0) is 14.8 Å². The average Bonchev–Trinajstić information content (AvgIpc) is 1.85. The minimum absolute atomic E-state index is 0.0406. The Hall–Kier alpha value is -0.170. The smallest absolute Gasteiger partial charge is 0.213 e. The van der Waals surface area contributed by atoms with Crippen molar-refractivity contribution in [2.45, 2.75) is 13.0 Å². The zero-order valence-electron chi connectivity index (χ0n) is 7.41. The van der Waals surface area contributed by atoms with Crippen molar-refractivity contribution < 1.29 is 13.2 Å². The predicted octanol–water partition coefficient (Wildman–Crippen LogP) is -1.10. The summed E-state index contributed by atoms with van der Waals surface area (Å²) >= 11 is 0. The van der Waals surface area contributed by atoms with Crippen LogP contribution in [0.4, 0.5) is 0 Å². The Morgan fingerprint density at radius 2 is 2.17 bits per heavy atom. The number of ether oxygens (including phenoxy) is 1. The van der Waals surface area contributed by atoms with Gasteiger partial charge in [-0.05, 0) is 6.92 Å². The van der Waals surface area contributed by atoms with Gasteiger partial charge < -0.3 is 10.5 Å². The molecule has 0 aliphatic carbocycles. The molecule has 0 rings (SSSR count). The summed E-state index contributed by atoms with van der Waals surface area (Å²) in [6.45, 7) is 2.23. The van der Waals surface area contributed by atoms with Gasteiger partial charge in [-0.1, -0.05) is 0 Å². The van der Waals surface area contributed by atoms with Gasteiger partial charge in [0.2, 0.25) is 10.0 Å². The van der Waals surface area contributed by atoms with Crippen molar-refractivity contribution in [2.75, 3.05) is 26.0 Å². The molecule has 0 spiro atoms. The largest absolute Gasteiger partial charge is 0.383 e. The fourth-order valence-corrected chi connectivity index (χ4v) is 1.91. The van der Waals surface area contributed by atoms with Crippen LogP contribution in [0.15, 0.2) is 0 Å². The highest BCUT2D eigenvalue weighted by molar-refractivity contribution is 7.89. The van der Waals surface area contributed by atoms with Crippen LogP contribution in [0.5, 0.6) is 0 Å².